The van der Waals surface area contributed by atoms with Crippen LogP contribution in [0.3, 0.4) is 0 Å². The van der Waals surface area contributed by atoms with Gasteiger partial charge in [-0.2, -0.15) is 0 Å². The molecule has 6 heteroatoms. The predicted molar refractivity (Wildman–Crippen MR) is 84.7 cm³/mol. The summed E-state index contributed by atoms with van der Waals surface area (Å²) in [5.74, 6) is 0.921. The van der Waals surface area contributed by atoms with Gasteiger partial charge in [-0.15, -0.1) is 10.2 Å². The maximum atomic E-state index is 12.6. The first-order chi connectivity index (χ1) is 10.1. The fourth-order valence-corrected chi connectivity index (χ4v) is 3.98. The standard InChI is InChI=1S/C15H24N4OS/c1-11(2)13-16-17-15(21-13)19-9-6-12(10-19)14(20)18-7-4-3-5-8-18/h11-12H,3-10H2,1-2H3. The summed E-state index contributed by atoms with van der Waals surface area (Å²) in [6, 6.07) is 0. The Labute approximate surface area is 130 Å². The number of hydrogen-bond acceptors (Lipinski definition) is 5. The number of carbonyl (C=O) groups excluding carboxylic acids is 1. The first-order valence-corrected chi connectivity index (χ1v) is 8.84. The highest BCUT2D eigenvalue weighted by Crippen LogP contribution is 2.30. The highest BCUT2D eigenvalue weighted by atomic mass is 32.1. The fourth-order valence-electron chi connectivity index (χ4n) is 3.10. The van der Waals surface area contributed by atoms with Crippen LogP contribution in [0.1, 0.15) is 50.5 Å². The average molecular weight is 308 g/mol. The summed E-state index contributed by atoms with van der Waals surface area (Å²) < 4.78 is 0. The first-order valence-electron chi connectivity index (χ1n) is 8.02. The monoisotopic (exact) mass is 308 g/mol. The lowest BCUT2D eigenvalue weighted by Gasteiger charge is -2.29. The van der Waals surface area contributed by atoms with Crippen molar-refractivity contribution in [2.45, 2.75) is 45.4 Å². The molecule has 3 heterocycles. The molecule has 2 fully saturated rings. The zero-order valence-corrected chi connectivity index (χ0v) is 13.7. The van der Waals surface area contributed by atoms with Gasteiger partial charge in [-0.05, 0) is 25.7 Å². The summed E-state index contributed by atoms with van der Waals surface area (Å²) in [5.41, 5.74) is 0. The molecule has 0 N–H and O–H groups in total. The van der Waals surface area contributed by atoms with Gasteiger partial charge in [0.25, 0.3) is 0 Å². The van der Waals surface area contributed by atoms with Crippen LogP contribution in [0.2, 0.25) is 0 Å². The van der Waals surface area contributed by atoms with E-state index >= 15 is 0 Å². The molecule has 21 heavy (non-hydrogen) atoms. The third kappa shape index (κ3) is 3.20. The molecule has 2 aliphatic rings. The van der Waals surface area contributed by atoms with Crippen LogP contribution < -0.4 is 4.90 Å². The molecular formula is C15H24N4OS. The van der Waals surface area contributed by atoms with Crippen molar-refractivity contribution in [2.24, 2.45) is 5.92 Å². The second kappa shape index (κ2) is 6.30. The number of amides is 1. The smallest absolute Gasteiger partial charge is 0.227 e. The second-order valence-electron chi connectivity index (χ2n) is 6.40. The highest BCUT2D eigenvalue weighted by Gasteiger charge is 2.33. The number of anilines is 1. The van der Waals surface area contributed by atoms with Crippen molar-refractivity contribution in [1.82, 2.24) is 15.1 Å². The Morgan fingerprint density at radius 1 is 1.19 bits per heavy atom. The molecule has 0 aromatic carbocycles. The number of rotatable bonds is 3. The Morgan fingerprint density at radius 3 is 2.62 bits per heavy atom. The Morgan fingerprint density at radius 2 is 1.95 bits per heavy atom. The molecule has 0 radical (unpaired) electrons. The summed E-state index contributed by atoms with van der Waals surface area (Å²) in [6.45, 7) is 7.91. The summed E-state index contributed by atoms with van der Waals surface area (Å²) in [6.07, 6.45) is 4.54. The third-order valence-electron chi connectivity index (χ3n) is 4.40. The van der Waals surface area contributed by atoms with Crippen molar-refractivity contribution in [3.05, 3.63) is 5.01 Å². The van der Waals surface area contributed by atoms with Crippen LogP contribution in [0.4, 0.5) is 5.13 Å². The van der Waals surface area contributed by atoms with E-state index in [2.05, 4.69) is 33.8 Å². The summed E-state index contributed by atoms with van der Waals surface area (Å²) in [4.78, 5) is 16.9. The maximum absolute atomic E-state index is 12.6. The first kappa shape index (κ1) is 14.8. The molecule has 1 atom stereocenters. The van der Waals surface area contributed by atoms with Crippen LogP contribution in [-0.4, -0.2) is 47.2 Å². The molecule has 0 aliphatic carbocycles. The normalized spacial score (nSPS) is 23.1. The summed E-state index contributed by atoms with van der Waals surface area (Å²) >= 11 is 1.67. The van der Waals surface area contributed by atoms with Crippen molar-refractivity contribution >= 4 is 22.4 Å². The molecule has 0 spiro atoms. The number of piperidine rings is 1. The molecule has 2 saturated heterocycles. The van der Waals surface area contributed by atoms with Gasteiger partial charge in [-0.3, -0.25) is 4.79 Å². The van der Waals surface area contributed by atoms with Crippen molar-refractivity contribution < 1.29 is 4.79 Å². The van der Waals surface area contributed by atoms with E-state index in [4.69, 9.17) is 0 Å². The molecule has 5 nitrogen and oxygen atoms in total. The average Bonchev–Trinajstić information content (AvgIpc) is 3.16. The maximum Gasteiger partial charge on any atom is 0.227 e. The lowest BCUT2D eigenvalue weighted by molar-refractivity contribution is -0.135. The predicted octanol–water partition coefficient (Wildman–Crippen LogP) is 2.50. The van der Waals surface area contributed by atoms with E-state index < -0.39 is 0 Å². The largest absolute Gasteiger partial charge is 0.346 e. The molecule has 2 aliphatic heterocycles. The van der Waals surface area contributed by atoms with Gasteiger partial charge in [0.2, 0.25) is 11.0 Å². The van der Waals surface area contributed by atoms with Gasteiger partial charge in [0, 0.05) is 32.1 Å². The molecule has 0 saturated carbocycles. The van der Waals surface area contributed by atoms with Gasteiger partial charge in [-0.25, -0.2) is 0 Å². The summed E-state index contributed by atoms with van der Waals surface area (Å²) in [5, 5.41) is 10.6. The Balaban J connectivity index is 1.60. The molecule has 1 aromatic heterocycles. The molecule has 3 rings (SSSR count). The number of hydrogen-bond donors (Lipinski definition) is 0. The van der Waals surface area contributed by atoms with Gasteiger partial charge in [0.1, 0.15) is 5.01 Å². The molecule has 1 amide bonds. The second-order valence-corrected chi connectivity index (χ2v) is 7.38. The SMILES string of the molecule is CC(C)c1nnc(N2CCC(C(=O)N3CCCCC3)C2)s1. The van der Waals surface area contributed by atoms with Crippen molar-refractivity contribution in [3.63, 3.8) is 0 Å². The van der Waals surface area contributed by atoms with Crippen LogP contribution in [0, 0.1) is 5.92 Å². The zero-order valence-electron chi connectivity index (χ0n) is 12.9. The van der Waals surface area contributed by atoms with Crippen LogP contribution in [0.15, 0.2) is 0 Å². The van der Waals surface area contributed by atoms with E-state index in [1.54, 1.807) is 11.3 Å². The summed E-state index contributed by atoms with van der Waals surface area (Å²) in [7, 11) is 0. The number of carbonyl (C=O) groups is 1. The minimum Gasteiger partial charge on any atom is -0.346 e. The van der Waals surface area contributed by atoms with E-state index in [-0.39, 0.29) is 5.92 Å². The van der Waals surface area contributed by atoms with Gasteiger partial charge >= 0.3 is 0 Å². The van der Waals surface area contributed by atoms with E-state index in [1.165, 1.54) is 6.42 Å². The van der Waals surface area contributed by atoms with Gasteiger partial charge < -0.3 is 9.80 Å². The minimum atomic E-state index is 0.148. The molecule has 0 bridgehead atoms. The Bertz CT molecular complexity index is 496. The number of aromatic nitrogens is 2. The molecule has 116 valence electrons. The molecular weight excluding hydrogens is 284 g/mol. The van der Waals surface area contributed by atoms with E-state index in [0.717, 1.165) is 55.6 Å². The quantitative estimate of drug-likeness (QED) is 0.861. The molecule has 1 unspecified atom stereocenters. The highest BCUT2D eigenvalue weighted by molar-refractivity contribution is 7.15. The van der Waals surface area contributed by atoms with Crippen LogP contribution in [0.25, 0.3) is 0 Å². The Kier molecular flexibility index (Phi) is 4.42. The van der Waals surface area contributed by atoms with Crippen LogP contribution in [0.5, 0.6) is 0 Å². The van der Waals surface area contributed by atoms with E-state index in [9.17, 15) is 4.79 Å². The topological polar surface area (TPSA) is 49.3 Å². The third-order valence-corrected chi connectivity index (χ3v) is 5.68. The Hall–Kier alpha value is -1.17. The minimum absolute atomic E-state index is 0.148. The lowest BCUT2D eigenvalue weighted by Crippen LogP contribution is -2.40. The number of nitrogens with zero attached hydrogens (tertiary/aromatic N) is 4. The van der Waals surface area contributed by atoms with Crippen LogP contribution >= 0.6 is 11.3 Å². The van der Waals surface area contributed by atoms with Gasteiger partial charge in [0.15, 0.2) is 0 Å². The zero-order chi connectivity index (χ0) is 14.8. The van der Waals surface area contributed by atoms with E-state index in [0.29, 0.717) is 11.8 Å². The van der Waals surface area contributed by atoms with Gasteiger partial charge in [-0.1, -0.05) is 25.2 Å². The van der Waals surface area contributed by atoms with E-state index in [1.807, 2.05) is 0 Å². The van der Waals surface area contributed by atoms with Crippen molar-refractivity contribution in [3.8, 4) is 0 Å². The lowest BCUT2D eigenvalue weighted by atomic mass is 10.0. The fraction of sp³-hybridized carbons (Fsp3) is 0.800. The van der Waals surface area contributed by atoms with Crippen LogP contribution in [-0.2, 0) is 4.79 Å². The number of likely N-dealkylation sites (tertiary alicyclic amines) is 1. The van der Waals surface area contributed by atoms with Crippen molar-refractivity contribution in [1.29, 1.82) is 0 Å². The van der Waals surface area contributed by atoms with Crippen molar-refractivity contribution in [2.75, 3.05) is 31.1 Å². The molecule has 1 aromatic rings. The van der Waals surface area contributed by atoms with Gasteiger partial charge in [0.05, 0.1) is 5.92 Å².